The molecule has 26 heavy (non-hydrogen) atoms. The predicted octanol–water partition coefficient (Wildman–Crippen LogP) is 5.64. The Morgan fingerprint density at radius 1 is 1.04 bits per heavy atom. The van der Waals surface area contributed by atoms with Gasteiger partial charge in [-0.3, -0.25) is 0 Å². The summed E-state index contributed by atoms with van der Waals surface area (Å²) < 4.78 is 32.1. The van der Waals surface area contributed by atoms with Crippen molar-refractivity contribution in [2.24, 2.45) is 0 Å². The maximum atomic E-state index is 14.7. The Morgan fingerprint density at radius 2 is 1.73 bits per heavy atom. The highest BCUT2D eigenvalue weighted by Crippen LogP contribution is 2.50. The number of halogens is 2. The molecule has 0 unspecified atom stereocenters. The minimum atomic E-state index is -0.544. The first-order chi connectivity index (χ1) is 12.6. The number of hydrogen-bond donors (Lipinski definition) is 0. The molecular weight excluding hydrogens is 355 g/mol. The first kappa shape index (κ1) is 17.6. The Kier molecular flexibility index (Phi) is 4.80. The third-order valence-electron chi connectivity index (χ3n) is 5.55. The zero-order chi connectivity index (χ0) is 18.3. The smallest absolute Gasteiger partial charge is 0.161 e. The SMILES string of the molecule is COc1cc2c(cc1OC)[C@H]1CCCC[C@H]1O[C@H]2c1c(F)cccc1Cl. The fraction of sp³-hybridized carbons (Fsp3) is 0.429. The van der Waals surface area contributed by atoms with Crippen LogP contribution < -0.4 is 9.47 Å². The van der Waals surface area contributed by atoms with E-state index in [4.69, 9.17) is 25.8 Å². The van der Waals surface area contributed by atoms with Gasteiger partial charge in [-0.1, -0.05) is 30.5 Å². The zero-order valence-corrected chi connectivity index (χ0v) is 15.7. The molecule has 0 spiro atoms. The number of ether oxygens (including phenoxy) is 3. The van der Waals surface area contributed by atoms with E-state index in [9.17, 15) is 4.39 Å². The molecule has 1 fully saturated rings. The molecule has 0 bridgehead atoms. The van der Waals surface area contributed by atoms with Crippen molar-refractivity contribution in [1.82, 2.24) is 0 Å². The van der Waals surface area contributed by atoms with E-state index in [1.54, 1.807) is 26.4 Å². The quantitative estimate of drug-likeness (QED) is 0.693. The van der Waals surface area contributed by atoms with Crippen molar-refractivity contribution < 1.29 is 18.6 Å². The van der Waals surface area contributed by atoms with E-state index in [-0.39, 0.29) is 11.9 Å². The van der Waals surface area contributed by atoms with Crippen LogP contribution in [0.5, 0.6) is 11.5 Å². The Balaban J connectivity index is 1.92. The van der Waals surface area contributed by atoms with Crippen LogP contribution in [0.1, 0.15) is 54.4 Å². The molecule has 5 heteroatoms. The summed E-state index contributed by atoms with van der Waals surface area (Å²) >= 11 is 6.36. The fourth-order valence-electron chi connectivity index (χ4n) is 4.31. The Morgan fingerprint density at radius 3 is 2.42 bits per heavy atom. The highest BCUT2D eigenvalue weighted by molar-refractivity contribution is 6.31. The normalized spacial score (nSPS) is 24.5. The molecule has 2 aliphatic rings. The van der Waals surface area contributed by atoms with Gasteiger partial charge in [0.2, 0.25) is 0 Å². The van der Waals surface area contributed by atoms with Gasteiger partial charge in [-0.15, -0.1) is 0 Å². The molecule has 2 aromatic carbocycles. The summed E-state index contributed by atoms with van der Waals surface area (Å²) in [6, 6.07) is 8.69. The molecule has 3 atom stereocenters. The van der Waals surface area contributed by atoms with E-state index in [2.05, 4.69) is 0 Å². The van der Waals surface area contributed by atoms with Gasteiger partial charge in [0.25, 0.3) is 0 Å². The molecule has 1 heterocycles. The van der Waals surface area contributed by atoms with Crippen molar-refractivity contribution in [3.8, 4) is 11.5 Å². The lowest BCUT2D eigenvalue weighted by atomic mass is 9.75. The van der Waals surface area contributed by atoms with Crippen molar-refractivity contribution in [1.29, 1.82) is 0 Å². The topological polar surface area (TPSA) is 27.7 Å². The average molecular weight is 377 g/mol. The fourth-order valence-corrected chi connectivity index (χ4v) is 4.57. The Bertz CT molecular complexity index is 803. The molecule has 2 aromatic rings. The minimum absolute atomic E-state index is 0.0648. The molecule has 0 N–H and O–H groups in total. The van der Waals surface area contributed by atoms with Gasteiger partial charge >= 0.3 is 0 Å². The van der Waals surface area contributed by atoms with Gasteiger partial charge in [0, 0.05) is 16.5 Å². The largest absolute Gasteiger partial charge is 0.493 e. The van der Waals surface area contributed by atoms with Crippen molar-refractivity contribution in [2.75, 3.05) is 14.2 Å². The minimum Gasteiger partial charge on any atom is -0.493 e. The van der Waals surface area contributed by atoms with Crippen LogP contribution in [-0.4, -0.2) is 20.3 Å². The van der Waals surface area contributed by atoms with Crippen LogP contribution in [-0.2, 0) is 4.74 Å². The summed E-state index contributed by atoms with van der Waals surface area (Å²) in [6.07, 6.45) is 3.85. The molecule has 3 nitrogen and oxygen atoms in total. The van der Waals surface area contributed by atoms with Gasteiger partial charge in [-0.2, -0.15) is 0 Å². The lowest BCUT2D eigenvalue weighted by Crippen LogP contribution is -2.34. The zero-order valence-electron chi connectivity index (χ0n) is 14.9. The first-order valence-electron chi connectivity index (χ1n) is 8.99. The van der Waals surface area contributed by atoms with Gasteiger partial charge in [0.1, 0.15) is 11.9 Å². The first-order valence-corrected chi connectivity index (χ1v) is 9.37. The molecule has 0 amide bonds. The van der Waals surface area contributed by atoms with E-state index >= 15 is 0 Å². The lowest BCUT2D eigenvalue weighted by molar-refractivity contribution is -0.0403. The van der Waals surface area contributed by atoms with Crippen molar-refractivity contribution in [2.45, 2.75) is 43.8 Å². The molecule has 138 valence electrons. The molecule has 0 aromatic heterocycles. The summed E-state index contributed by atoms with van der Waals surface area (Å²) in [4.78, 5) is 0. The number of methoxy groups -OCH3 is 2. The summed E-state index contributed by atoms with van der Waals surface area (Å²) in [5.74, 6) is 1.25. The number of benzene rings is 2. The monoisotopic (exact) mass is 376 g/mol. The summed E-state index contributed by atoms with van der Waals surface area (Å²) in [7, 11) is 3.23. The molecular formula is C21H22ClFO3. The second kappa shape index (κ2) is 7.09. The van der Waals surface area contributed by atoms with E-state index in [1.165, 1.54) is 12.5 Å². The van der Waals surface area contributed by atoms with Crippen molar-refractivity contribution in [3.05, 3.63) is 57.9 Å². The third-order valence-corrected chi connectivity index (χ3v) is 5.88. The van der Waals surface area contributed by atoms with Gasteiger partial charge < -0.3 is 14.2 Å². The summed E-state index contributed by atoms with van der Waals surface area (Å²) in [6.45, 7) is 0. The van der Waals surface area contributed by atoms with Crippen molar-refractivity contribution >= 4 is 11.6 Å². The van der Waals surface area contributed by atoms with Crippen molar-refractivity contribution in [3.63, 3.8) is 0 Å². The predicted molar refractivity (Wildman–Crippen MR) is 98.9 cm³/mol. The average Bonchev–Trinajstić information content (AvgIpc) is 2.66. The maximum Gasteiger partial charge on any atom is 0.161 e. The summed E-state index contributed by atoms with van der Waals surface area (Å²) in [5.41, 5.74) is 2.47. The highest BCUT2D eigenvalue weighted by atomic mass is 35.5. The highest BCUT2D eigenvalue weighted by Gasteiger charge is 2.40. The van der Waals surface area contributed by atoms with Crippen LogP contribution in [0.25, 0.3) is 0 Å². The molecule has 4 rings (SSSR count). The van der Waals surface area contributed by atoms with Gasteiger partial charge in [-0.05, 0) is 48.2 Å². The van der Waals surface area contributed by atoms with Crippen LogP contribution in [0.3, 0.4) is 0 Å². The Hall–Kier alpha value is -1.78. The molecule has 1 aliphatic carbocycles. The van der Waals surface area contributed by atoms with Crippen LogP contribution in [0.2, 0.25) is 5.02 Å². The standard InChI is InChI=1S/C21H22ClFO3/c1-24-18-10-13-12-6-3-4-9-17(12)26-21(14(13)11-19(18)25-2)20-15(22)7-5-8-16(20)23/h5,7-8,10-12,17,21H,3-4,6,9H2,1-2H3/t12-,17-,21-/m1/s1. The van der Waals surface area contributed by atoms with Gasteiger partial charge in [-0.25, -0.2) is 4.39 Å². The van der Waals surface area contributed by atoms with Crippen LogP contribution >= 0.6 is 11.6 Å². The van der Waals surface area contributed by atoms with E-state index < -0.39 is 6.10 Å². The van der Waals surface area contributed by atoms with E-state index in [1.807, 2.05) is 12.1 Å². The third kappa shape index (κ3) is 2.85. The lowest BCUT2D eigenvalue weighted by Gasteiger charge is -2.41. The number of hydrogen-bond acceptors (Lipinski definition) is 3. The number of fused-ring (bicyclic) bond motifs is 3. The van der Waals surface area contributed by atoms with Crippen LogP contribution in [0.15, 0.2) is 30.3 Å². The molecule has 1 aliphatic heterocycles. The summed E-state index contributed by atoms with van der Waals surface area (Å²) in [5, 5.41) is 0.380. The van der Waals surface area contributed by atoms with Crippen LogP contribution in [0.4, 0.5) is 4.39 Å². The second-order valence-electron chi connectivity index (χ2n) is 6.92. The maximum absolute atomic E-state index is 14.7. The Labute approximate surface area is 158 Å². The van der Waals surface area contributed by atoms with Gasteiger partial charge in [0.15, 0.2) is 11.5 Å². The molecule has 0 saturated heterocycles. The second-order valence-corrected chi connectivity index (χ2v) is 7.32. The van der Waals surface area contributed by atoms with Crippen LogP contribution in [0, 0.1) is 5.82 Å². The van der Waals surface area contributed by atoms with Gasteiger partial charge in [0.05, 0.1) is 20.3 Å². The number of rotatable bonds is 3. The molecule has 1 saturated carbocycles. The van der Waals surface area contributed by atoms with E-state index in [0.717, 1.165) is 30.4 Å². The molecule has 0 radical (unpaired) electrons. The van der Waals surface area contributed by atoms with E-state index in [0.29, 0.717) is 28.0 Å².